The molecule has 310 valence electrons. The number of nitrogens with zero attached hydrogens (tertiary/aromatic N) is 4. The fourth-order valence-corrected chi connectivity index (χ4v) is 12.3. The average molecular weight is 827 g/mol. The number of anilines is 3. The lowest BCUT2D eigenvalue weighted by atomic mass is 9.82. The summed E-state index contributed by atoms with van der Waals surface area (Å²) in [7, 11) is -3.72. The molecule has 0 aromatic heterocycles. The molecule has 1 N–H and O–H groups in total. The minimum atomic E-state index is -3.72. The van der Waals surface area contributed by atoms with Gasteiger partial charge in [-0.2, -0.15) is 0 Å². The van der Waals surface area contributed by atoms with Crippen LogP contribution in [-0.4, -0.2) is 85.2 Å². The zero-order valence-electron chi connectivity index (χ0n) is 33.6. The van der Waals surface area contributed by atoms with E-state index in [1.807, 2.05) is 24.3 Å². The predicted octanol–water partition coefficient (Wildman–Crippen LogP) is 4.60. The lowest BCUT2D eigenvalue weighted by Gasteiger charge is -2.39. The topological polar surface area (TPSA) is 163 Å². The number of β-lactam (4-membered cyclic amide) rings is 2. The first kappa shape index (κ1) is 40.3. The summed E-state index contributed by atoms with van der Waals surface area (Å²) in [4.78, 5) is 84.8. The molecule has 3 aromatic carbocycles. The second-order valence-electron chi connectivity index (χ2n) is 16.6. The van der Waals surface area contributed by atoms with Gasteiger partial charge in [0.05, 0.1) is 50.2 Å². The summed E-state index contributed by atoms with van der Waals surface area (Å²) < 4.78 is 34.5. The van der Waals surface area contributed by atoms with Gasteiger partial charge in [-0.25, -0.2) is 0 Å². The third-order valence-corrected chi connectivity index (χ3v) is 14.9. The standard InChI is InChI=1S/C43H47FN4O10Si/c1-24-41(59(4,5)44)35(18-36(52)45-22-29-11-7-6-10-28(29)16-32(45)23-49)58-43(24)33-17-31(48-38(54)20-40(48)57-26(3)51)13-14-34(33)46(42(43)55)21-27-9-8-12-30(15-27)47-37(53)19-39(47)56-25(2)50/h6-15,17,24,32,35,39-41,49H,16,18-23H2,1-5H3/t24-,32-,35+,39?,40?,41-,43+/m0/s1. The Bertz CT molecular complexity index is 2270. The smallest absolute Gasteiger partial charge is 0.304 e. The highest BCUT2D eigenvalue weighted by Gasteiger charge is 2.67. The Morgan fingerprint density at radius 1 is 0.864 bits per heavy atom. The number of carbonyl (C=O) groups excluding carboxylic acids is 6. The number of rotatable bonds is 10. The van der Waals surface area contributed by atoms with E-state index in [0.717, 1.165) is 11.1 Å². The summed E-state index contributed by atoms with van der Waals surface area (Å²) in [5, 5.41) is 10.4. The van der Waals surface area contributed by atoms with Crippen molar-refractivity contribution in [2.45, 2.75) is 108 Å². The van der Waals surface area contributed by atoms with Gasteiger partial charge in [-0.15, -0.1) is 0 Å². The Balaban J connectivity index is 1.17. The molecule has 59 heavy (non-hydrogen) atoms. The summed E-state index contributed by atoms with van der Waals surface area (Å²) in [6, 6.07) is 19.2. The summed E-state index contributed by atoms with van der Waals surface area (Å²) >= 11 is 0. The summed E-state index contributed by atoms with van der Waals surface area (Å²) in [6.45, 7) is 7.40. The maximum Gasteiger partial charge on any atom is 0.304 e. The molecule has 0 saturated carbocycles. The van der Waals surface area contributed by atoms with Gasteiger partial charge >= 0.3 is 11.9 Å². The van der Waals surface area contributed by atoms with E-state index < -0.39 is 67.9 Å². The van der Waals surface area contributed by atoms with Crippen LogP contribution in [0.15, 0.2) is 66.7 Å². The Morgan fingerprint density at radius 2 is 1.49 bits per heavy atom. The predicted molar refractivity (Wildman–Crippen MR) is 214 cm³/mol. The molecule has 7 atom stereocenters. The molecule has 3 fully saturated rings. The van der Waals surface area contributed by atoms with Gasteiger partial charge in [-0.3, -0.25) is 38.6 Å². The molecule has 3 aromatic rings. The number of hydrogen-bond acceptors (Lipinski definition) is 10. The van der Waals surface area contributed by atoms with Crippen LogP contribution in [-0.2, 0) is 68.1 Å². The molecule has 2 unspecified atom stereocenters. The molecule has 5 aliphatic rings. The van der Waals surface area contributed by atoms with Crippen molar-refractivity contribution in [2.24, 2.45) is 5.92 Å². The van der Waals surface area contributed by atoms with Crippen LogP contribution in [0, 0.1) is 5.92 Å². The third-order valence-electron chi connectivity index (χ3n) is 12.4. The van der Waals surface area contributed by atoms with Gasteiger partial charge in [-0.05, 0) is 66.5 Å². The van der Waals surface area contributed by atoms with Gasteiger partial charge in [0.25, 0.3) is 5.91 Å². The van der Waals surface area contributed by atoms with Crippen molar-refractivity contribution in [2.75, 3.05) is 21.3 Å². The highest BCUT2D eigenvalue weighted by molar-refractivity contribution is 6.72. The van der Waals surface area contributed by atoms with Crippen molar-refractivity contribution in [3.63, 3.8) is 0 Å². The average Bonchev–Trinajstić information content (AvgIpc) is 3.59. The van der Waals surface area contributed by atoms with Crippen LogP contribution < -0.4 is 14.7 Å². The van der Waals surface area contributed by atoms with Crippen molar-refractivity contribution in [3.8, 4) is 0 Å². The van der Waals surface area contributed by atoms with Crippen LogP contribution in [0.5, 0.6) is 0 Å². The van der Waals surface area contributed by atoms with E-state index in [1.165, 1.54) is 28.5 Å². The van der Waals surface area contributed by atoms with Crippen LogP contribution >= 0.6 is 0 Å². The number of aliphatic hydroxyl groups excluding tert-OH is 1. The van der Waals surface area contributed by atoms with E-state index >= 15 is 8.90 Å². The number of esters is 2. The molecule has 3 saturated heterocycles. The number of halogens is 1. The second kappa shape index (κ2) is 15.0. The second-order valence-corrected chi connectivity index (χ2v) is 20.4. The van der Waals surface area contributed by atoms with E-state index in [0.29, 0.717) is 34.6 Å². The third kappa shape index (κ3) is 6.89. The van der Waals surface area contributed by atoms with Crippen LogP contribution in [0.25, 0.3) is 0 Å². The van der Waals surface area contributed by atoms with Crippen molar-refractivity contribution in [1.82, 2.24) is 4.90 Å². The van der Waals surface area contributed by atoms with Gasteiger partial charge < -0.3 is 33.2 Å². The molecule has 4 amide bonds. The van der Waals surface area contributed by atoms with Gasteiger partial charge in [0.1, 0.15) is 0 Å². The van der Waals surface area contributed by atoms with Gasteiger partial charge in [0, 0.05) is 48.8 Å². The summed E-state index contributed by atoms with van der Waals surface area (Å²) in [6.07, 6.45) is -2.36. The van der Waals surface area contributed by atoms with Crippen molar-refractivity contribution in [1.29, 1.82) is 0 Å². The first-order valence-electron chi connectivity index (χ1n) is 19.9. The normalized spacial score (nSPS) is 27.3. The number of ether oxygens (including phenoxy) is 3. The molecule has 16 heteroatoms. The van der Waals surface area contributed by atoms with E-state index in [2.05, 4.69) is 0 Å². The fraction of sp³-hybridized carbons (Fsp3) is 0.442. The van der Waals surface area contributed by atoms with Crippen LogP contribution in [0.4, 0.5) is 21.2 Å². The first-order chi connectivity index (χ1) is 28.0. The molecule has 1 spiro atoms. The van der Waals surface area contributed by atoms with E-state index in [4.69, 9.17) is 14.2 Å². The number of amides is 4. The van der Waals surface area contributed by atoms with Crippen LogP contribution in [0.1, 0.15) is 62.3 Å². The Kier molecular flexibility index (Phi) is 10.2. The van der Waals surface area contributed by atoms with Gasteiger partial charge in [0.2, 0.25) is 26.1 Å². The number of hydrogen-bond donors (Lipinski definition) is 1. The van der Waals surface area contributed by atoms with E-state index in [-0.39, 0.29) is 56.7 Å². The number of aliphatic hydroxyl groups is 1. The number of fused-ring (bicyclic) bond motifs is 3. The quantitative estimate of drug-likeness (QED) is 0.132. The van der Waals surface area contributed by atoms with Crippen LogP contribution in [0.3, 0.4) is 0 Å². The first-order valence-corrected chi connectivity index (χ1v) is 22.8. The Labute approximate surface area is 342 Å². The molecule has 14 nitrogen and oxygen atoms in total. The molecule has 0 aliphatic carbocycles. The Morgan fingerprint density at radius 3 is 2.08 bits per heavy atom. The van der Waals surface area contributed by atoms with Crippen LogP contribution in [0.2, 0.25) is 18.6 Å². The van der Waals surface area contributed by atoms with Crippen molar-refractivity contribution < 1.29 is 52.2 Å². The molecule has 5 aliphatic heterocycles. The lowest BCUT2D eigenvalue weighted by molar-refractivity contribution is -0.155. The zero-order chi connectivity index (χ0) is 42.1. The minimum absolute atomic E-state index is 0.00586. The lowest BCUT2D eigenvalue weighted by Crippen LogP contribution is -2.55. The monoisotopic (exact) mass is 826 g/mol. The fourth-order valence-electron chi connectivity index (χ4n) is 9.83. The van der Waals surface area contributed by atoms with E-state index in [9.17, 15) is 29.1 Å². The van der Waals surface area contributed by atoms with Gasteiger partial charge in [-0.1, -0.05) is 43.3 Å². The maximum absolute atomic E-state index is 16.8. The summed E-state index contributed by atoms with van der Waals surface area (Å²) in [5.41, 5.74) is 1.70. The highest BCUT2D eigenvalue weighted by Crippen LogP contribution is 2.61. The molecular weight excluding hydrogens is 780 g/mol. The van der Waals surface area contributed by atoms with Crippen molar-refractivity contribution in [3.05, 3.63) is 89.0 Å². The minimum Gasteiger partial charge on any atom is -0.441 e. The number of carbonyl (C=O) groups is 6. The largest absolute Gasteiger partial charge is 0.441 e. The molecule has 8 rings (SSSR count). The van der Waals surface area contributed by atoms with Crippen molar-refractivity contribution >= 4 is 61.0 Å². The SMILES string of the molecule is CC(=O)OC1CC(=O)N1c1cccc(CN2C(=O)[C@]3(O[C@H](CC(=O)N4Cc5ccccc5C[C@H]4CO)[C@@H]([Si](C)(C)F)[C@@H]3C)c3cc(N4C(=O)CC4OC(C)=O)ccc32)c1. The molecule has 0 radical (unpaired) electrons. The molecule has 0 bridgehead atoms. The molecule has 5 heterocycles. The highest BCUT2D eigenvalue weighted by atomic mass is 28.4. The summed E-state index contributed by atoms with van der Waals surface area (Å²) in [5.74, 6) is -3.20. The zero-order valence-corrected chi connectivity index (χ0v) is 34.6. The number of benzene rings is 3. The Hall–Kier alpha value is -5.45. The van der Waals surface area contributed by atoms with E-state index in [1.54, 1.807) is 67.4 Å². The molecular formula is C43H47FN4O10Si. The maximum atomic E-state index is 16.8. The van der Waals surface area contributed by atoms with Gasteiger partial charge in [0.15, 0.2) is 18.1 Å².